The number of hydrogen-bond donors (Lipinski definition) is 1. The number of fused-ring (bicyclic) bond motifs is 1. The number of rotatable bonds is 3. The summed E-state index contributed by atoms with van der Waals surface area (Å²) in [5.41, 5.74) is 0.824. The molecule has 1 aromatic heterocycles. The summed E-state index contributed by atoms with van der Waals surface area (Å²) >= 11 is 13.6. The summed E-state index contributed by atoms with van der Waals surface area (Å²) in [6.45, 7) is 0.923. The van der Waals surface area contributed by atoms with Gasteiger partial charge in [-0.2, -0.15) is 0 Å². The van der Waals surface area contributed by atoms with Gasteiger partial charge in [-0.15, -0.1) is 11.3 Å². The van der Waals surface area contributed by atoms with E-state index in [2.05, 4.69) is 5.32 Å². The molecule has 0 aliphatic carbocycles. The molecule has 0 atom stereocenters. The minimum Gasteiger partial charge on any atom is -0.454 e. The van der Waals surface area contributed by atoms with Crippen molar-refractivity contribution in [2.24, 2.45) is 0 Å². The van der Waals surface area contributed by atoms with Crippen LogP contribution in [0.5, 0.6) is 11.5 Å². The fourth-order valence-corrected chi connectivity index (χ4v) is 2.93. The molecule has 3 nitrogen and oxygen atoms in total. The highest BCUT2D eigenvalue weighted by atomic mass is 35.5. The molecule has 1 aliphatic rings. The highest BCUT2D eigenvalue weighted by Gasteiger charge is 2.16. The Hall–Kier alpha value is -1.10. The zero-order chi connectivity index (χ0) is 12.5. The van der Waals surface area contributed by atoms with Gasteiger partial charge in [0, 0.05) is 23.6 Å². The van der Waals surface area contributed by atoms with Crippen LogP contribution in [0.1, 0.15) is 4.88 Å². The lowest BCUT2D eigenvalue weighted by atomic mass is 10.2. The number of anilines is 1. The van der Waals surface area contributed by atoms with Gasteiger partial charge in [0.05, 0.1) is 15.0 Å². The summed E-state index contributed by atoms with van der Waals surface area (Å²) < 4.78 is 11.3. The molecule has 0 radical (unpaired) electrons. The maximum Gasteiger partial charge on any atom is 0.231 e. The van der Waals surface area contributed by atoms with Crippen molar-refractivity contribution in [3.05, 3.63) is 38.5 Å². The quantitative estimate of drug-likeness (QED) is 0.911. The predicted octanol–water partition coefficient (Wildman–Crippen LogP) is 4.40. The van der Waals surface area contributed by atoms with E-state index in [1.165, 1.54) is 0 Å². The number of ether oxygens (including phenoxy) is 2. The maximum absolute atomic E-state index is 6.16. The third kappa shape index (κ3) is 2.36. The minimum absolute atomic E-state index is 0.246. The van der Waals surface area contributed by atoms with Gasteiger partial charge in [-0.05, 0) is 12.1 Å². The largest absolute Gasteiger partial charge is 0.454 e. The Labute approximate surface area is 118 Å². The first-order valence-electron chi connectivity index (χ1n) is 5.29. The second kappa shape index (κ2) is 4.88. The van der Waals surface area contributed by atoms with E-state index in [-0.39, 0.29) is 6.79 Å². The molecule has 0 fully saturated rings. The summed E-state index contributed by atoms with van der Waals surface area (Å²) in [7, 11) is 0. The number of nitrogens with one attached hydrogen (secondary N) is 1. The average Bonchev–Trinajstić information content (AvgIpc) is 2.94. The van der Waals surface area contributed by atoms with Crippen molar-refractivity contribution in [1.82, 2.24) is 0 Å². The van der Waals surface area contributed by atoms with Gasteiger partial charge in [-0.3, -0.25) is 0 Å². The number of hydrogen-bond acceptors (Lipinski definition) is 4. The molecule has 2 aromatic rings. The topological polar surface area (TPSA) is 30.5 Å². The van der Waals surface area contributed by atoms with Crippen molar-refractivity contribution in [2.75, 3.05) is 12.1 Å². The molecule has 1 aliphatic heterocycles. The second-order valence-electron chi connectivity index (χ2n) is 3.74. The molecule has 18 heavy (non-hydrogen) atoms. The Bertz CT molecular complexity index is 585. The van der Waals surface area contributed by atoms with Crippen molar-refractivity contribution in [3.63, 3.8) is 0 Å². The summed E-state index contributed by atoms with van der Waals surface area (Å²) in [5.74, 6) is 1.40. The Morgan fingerprint density at radius 3 is 2.67 bits per heavy atom. The van der Waals surface area contributed by atoms with Crippen LogP contribution in [0, 0.1) is 0 Å². The molecule has 1 N–H and O–H groups in total. The van der Waals surface area contributed by atoms with Gasteiger partial charge in [0.1, 0.15) is 0 Å². The van der Waals surface area contributed by atoms with E-state index in [4.69, 9.17) is 32.7 Å². The lowest BCUT2D eigenvalue weighted by Gasteiger charge is -2.08. The molecule has 0 spiro atoms. The smallest absolute Gasteiger partial charge is 0.231 e. The van der Waals surface area contributed by atoms with Gasteiger partial charge in [-0.1, -0.05) is 23.2 Å². The number of thiophene rings is 1. The van der Waals surface area contributed by atoms with E-state index in [9.17, 15) is 0 Å². The van der Waals surface area contributed by atoms with Gasteiger partial charge >= 0.3 is 0 Å². The SMILES string of the molecule is Clc1ccc(CNc2cc3c(cc2Cl)OCO3)s1. The van der Waals surface area contributed by atoms with Crippen LogP contribution in [-0.4, -0.2) is 6.79 Å². The summed E-state index contributed by atoms with van der Waals surface area (Å²) in [6, 6.07) is 7.47. The van der Waals surface area contributed by atoms with E-state index in [1.54, 1.807) is 17.4 Å². The lowest BCUT2D eigenvalue weighted by Crippen LogP contribution is -1.98. The molecule has 0 saturated heterocycles. The van der Waals surface area contributed by atoms with E-state index in [0.29, 0.717) is 23.1 Å². The Balaban J connectivity index is 1.76. The van der Waals surface area contributed by atoms with E-state index in [0.717, 1.165) is 14.9 Å². The molecule has 1 aromatic carbocycles. The minimum atomic E-state index is 0.246. The van der Waals surface area contributed by atoms with Gasteiger partial charge < -0.3 is 14.8 Å². The van der Waals surface area contributed by atoms with Gasteiger partial charge in [-0.25, -0.2) is 0 Å². The van der Waals surface area contributed by atoms with Crippen molar-refractivity contribution >= 4 is 40.2 Å². The van der Waals surface area contributed by atoms with Crippen molar-refractivity contribution in [2.45, 2.75) is 6.54 Å². The highest BCUT2D eigenvalue weighted by molar-refractivity contribution is 7.16. The van der Waals surface area contributed by atoms with E-state index >= 15 is 0 Å². The molecule has 3 rings (SSSR count). The maximum atomic E-state index is 6.16. The van der Waals surface area contributed by atoms with E-state index in [1.807, 2.05) is 18.2 Å². The molecular formula is C12H9Cl2NO2S. The van der Waals surface area contributed by atoms with Crippen LogP contribution in [0.3, 0.4) is 0 Å². The fraction of sp³-hybridized carbons (Fsp3) is 0.167. The van der Waals surface area contributed by atoms with Crippen LogP contribution in [0.4, 0.5) is 5.69 Å². The van der Waals surface area contributed by atoms with E-state index < -0.39 is 0 Å². The lowest BCUT2D eigenvalue weighted by molar-refractivity contribution is 0.174. The predicted molar refractivity (Wildman–Crippen MR) is 74.2 cm³/mol. The average molecular weight is 302 g/mol. The van der Waals surface area contributed by atoms with Crippen molar-refractivity contribution in [3.8, 4) is 11.5 Å². The molecular weight excluding hydrogens is 293 g/mol. The van der Waals surface area contributed by atoms with Crippen LogP contribution < -0.4 is 14.8 Å². The zero-order valence-corrected chi connectivity index (χ0v) is 11.5. The second-order valence-corrected chi connectivity index (χ2v) is 5.95. The summed E-state index contributed by atoms with van der Waals surface area (Å²) in [4.78, 5) is 1.15. The molecule has 0 bridgehead atoms. The Morgan fingerprint density at radius 2 is 1.94 bits per heavy atom. The van der Waals surface area contributed by atoms with Crippen molar-refractivity contribution in [1.29, 1.82) is 0 Å². The Morgan fingerprint density at radius 1 is 1.17 bits per heavy atom. The first kappa shape index (κ1) is 12.0. The van der Waals surface area contributed by atoms with Gasteiger partial charge in [0.25, 0.3) is 0 Å². The molecule has 0 unspecified atom stereocenters. The van der Waals surface area contributed by atoms with Crippen LogP contribution in [0.25, 0.3) is 0 Å². The molecule has 6 heteroatoms. The standard InChI is InChI=1S/C12H9Cl2NO2S/c13-8-3-10-11(17-6-16-10)4-9(8)15-5-7-1-2-12(14)18-7/h1-4,15H,5-6H2. The number of halogens is 2. The molecule has 0 amide bonds. The van der Waals surface area contributed by atoms with Crippen LogP contribution in [0.2, 0.25) is 9.36 Å². The van der Waals surface area contributed by atoms with Crippen LogP contribution in [-0.2, 0) is 6.54 Å². The summed E-state index contributed by atoms with van der Waals surface area (Å²) in [5, 5.41) is 3.87. The summed E-state index contributed by atoms with van der Waals surface area (Å²) in [6.07, 6.45) is 0. The first-order chi connectivity index (χ1) is 8.72. The normalized spacial score (nSPS) is 12.8. The Kier molecular flexibility index (Phi) is 3.24. The molecule has 0 saturated carbocycles. The highest BCUT2D eigenvalue weighted by Crippen LogP contribution is 2.39. The number of benzene rings is 1. The zero-order valence-electron chi connectivity index (χ0n) is 9.20. The first-order valence-corrected chi connectivity index (χ1v) is 6.87. The third-order valence-corrected chi connectivity index (χ3v) is 4.09. The van der Waals surface area contributed by atoms with Gasteiger partial charge in [0.15, 0.2) is 11.5 Å². The van der Waals surface area contributed by atoms with Crippen LogP contribution >= 0.6 is 34.5 Å². The van der Waals surface area contributed by atoms with Gasteiger partial charge in [0.2, 0.25) is 6.79 Å². The molecule has 2 heterocycles. The fourth-order valence-electron chi connectivity index (χ4n) is 1.68. The molecule has 94 valence electrons. The monoisotopic (exact) mass is 301 g/mol. The van der Waals surface area contributed by atoms with Crippen molar-refractivity contribution < 1.29 is 9.47 Å². The van der Waals surface area contributed by atoms with Crippen LogP contribution in [0.15, 0.2) is 24.3 Å². The third-order valence-electron chi connectivity index (χ3n) is 2.54.